The van der Waals surface area contributed by atoms with E-state index in [-0.39, 0.29) is 6.54 Å². The maximum absolute atomic E-state index is 12.6. The molecule has 3 aromatic rings. The number of benzene rings is 2. The molecule has 1 aromatic heterocycles. The van der Waals surface area contributed by atoms with Crippen molar-refractivity contribution in [2.45, 2.75) is 6.54 Å². The first-order chi connectivity index (χ1) is 12.1. The van der Waals surface area contributed by atoms with Crippen LogP contribution in [-0.4, -0.2) is 17.6 Å². The molecule has 0 unspecified atom stereocenters. The molecular formula is C18H12Cl2N2O2S. The number of hydrogen-bond donors (Lipinski definition) is 0. The molecule has 0 atom stereocenters. The van der Waals surface area contributed by atoms with E-state index in [1.54, 1.807) is 34.9 Å². The van der Waals surface area contributed by atoms with Crippen LogP contribution in [0.3, 0.4) is 0 Å². The number of thiazole rings is 1. The number of halogens is 2. The van der Waals surface area contributed by atoms with Crippen LogP contribution < -0.4 is 9.54 Å². The number of fused-ring (bicyclic) bond motifs is 1. The first-order valence-electron chi connectivity index (χ1n) is 7.19. The Balaban J connectivity index is 2.23. The summed E-state index contributed by atoms with van der Waals surface area (Å²) in [7, 11) is 1.51. The van der Waals surface area contributed by atoms with Gasteiger partial charge < -0.3 is 9.30 Å². The van der Waals surface area contributed by atoms with Crippen LogP contribution in [0.2, 0.25) is 10.0 Å². The highest BCUT2D eigenvalue weighted by Gasteiger charge is 2.15. The summed E-state index contributed by atoms with van der Waals surface area (Å²) in [5.41, 5.74) is 1.04. The number of aromatic nitrogens is 1. The van der Waals surface area contributed by atoms with E-state index in [2.05, 4.69) is 10.9 Å². The van der Waals surface area contributed by atoms with Gasteiger partial charge in [0.2, 0.25) is 0 Å². The predicted molar refractivity (Wildman–Crippen MR) is 102 cm³/mol. The zero-order valence-electron chi connectivity index (χ0n) is 13.1. The third-order valence-corrected chi connectivity index (χ3v) is 5.36. The first-order valence-corrected chi connectivity index (χ1v) is 8.77. The van der Waals surface area contributed by atoms with Crippen LogP contribution in [0.5, 0.6) is 5.75 Å². The molecule has 1 amide bonds. The van der Waals surface area contributed by atoms with Crippen molar-refractivity contribution in [2.75, 3.05) is 7.11 Å². The molecule has 7 heteroatoms. The van der Waals surface area contributed by atoms with E-state index in [1.165, 1.54) is 18.4 Å². The highest BCUT2D eigenvalue weighted by molar-refractivity contribution is 7.16. The topological polar surface area (TPSA) is 43.6 Å². The number of methoxy groups -OCH3 is 1. The van der Waals surface area contributed by atoms with E-state index in [0.29, 0.717) is 31.7 Å². The number of hydrogen-bond acceptors (Lipinski definition) is 3. The molecule has 4 nitrogen and oxygen atoms in total. The molecule has 0 aliphatic rings. The lowest BCUT2D eigenvalue weighted by Crippen LogP contribution is -2.17. The Morgan fingerprint density at radius 1 is 1.32 bits per heavy atom. The summed E-state index contributed by atoms with van der Waals surface area (Å²) in [4.78, 5) is 17.3. The van der Waals surface area contributed by atoms with E-state index in [4.69, 9.17) is 34.4 Å². The summed E-state index contributed by atoms with van der Waals surface area (Å²) >= 11 is 13.7. The summed E-state index contributed by atoms with van der Waals surface area (Å²) in [5, 5.41) is 0.803. The fraction of sp³-hybridized carbons (Fsp3) is 0.111. The number of amides is 1. The van der Waals surface area contributed by atoms with Crippen molar-refractivity contribution >= 4 is 50.7 Å². The number of nitrogens with zero attached hydrogens (tertiary/aromatic N) is 2. The molecule has 0 fully saturated rings. The van der Waals surface area contributed by atoms with Gasteiger partial charge in [0, 0.05) is 0 Å². The molecular weight excluding hydrogens is 379 g/mol. The average Bonchev–Trinajstić information content (AvgIpc) is 2.96. The van der Waals surface area contributed by atoms with Crippen molar-refractivity contribution in [3.05, 3.63) is 56.8 Å². The van der Waals surface area contributed by atoms with Gasteiger partial charge in [0.1, 0.15) is 5.75 Å². The molecule has 0 spiro atoms. The minimum atomic E-state index is -0.419. The lowest BCUT2D eigenvalue weighted by molar-refractivity contribution is 0.0995. The van der Waals surface area contributed by atoms with Gasteiger partial charge in [-0.3, -0.25) is 4.79 Å². The van der Waals surface area contributed by atoms with Crippen LogP contribution in [0.15, 0.2) is 41.4 Å². The largest absolute Gasteiger partial charge is 0.496 e. The fourth-order valence-electron chi connectivity index (χ4n) is 2.39. The molecule has 0 aliphatic carbocycles. The smallest absolute Gasteiger partial charge is 0.283 e. The third-order valence-electron chi connectivity index (χ3n) is 3.52. The molecule has 3 rings (SSSR count). The highest BCUT2D eigenvalue weighted by atomic mass is 35.5. The second-order valence-corrected chi connectivity index (χ2v) is 6.79. The normalized spacial score (nSPS) is 11.5. The zero-order valence-corrected chi connectivity index (χ0v) is 15.5. The van der Waals surface area contributed by atoms with E-state index >= 15 is 0 Å². The molecule has 0 saturated heterocycles. The Kier molecular flexibility index (Phi) is 5.14. The van der Waals surface area contributed by atoms with Crippen LogP contribution in [0.4, 0.5) is 0 Å². The van der Waals surface area contributed by atoms with Crippen molar-refractivity contribution in [2.24, 2.45) is 4.99 Å². The maximum Gasteiger partial charge on any atom is 0.283 e. The fourth-order valence-corrected chi connectivity index (χ4v) is 3.91. The van der Waals surface area contributed by atoms with Crippen LogP contribution in [0.25, 0.3) is 10.2 Å². The Labute approximate surface area is 158 Å². The molecule has 126 valence electrons. The summed E-state index contributed by atoms with van der Waals surface area (Å²) in [5.74, 6) is 2.60. The van der Waals surface area contributed by atoms with Crippen molar-refractivity contribution in [3.63, 3.8) is 0 Å². The second kappa shape index (κ2) is 7.32. The van der Waals surface area contributed by atoms with Gasteiger partial charge in [-0.05, 0) is 24.3 Å². The second-order valence-electron chi connectivity index (χ2n) is 5.00. The predicted octanol–water partition coefficient (Wildman–Crippen LogP) is 4.39. The monoisotopic (exact) mass is 390 g/mol. The molecule has 0 saturated carbocycles. The first kappa shape index (κ1) is 17.6. The zero-order chi connectivity index (χ0) is 18.0. The Morgan fingerprint density at radius 2 is 2.08 bits per heavy atom. The van der Waals surface area contributed by atoms with Crippen molar-refractivity contribution in [3.8, 4) is 18.1 Å². The van der Waals surface area contributed by atoms with Gasteiger partial charge in [0.15, 0.2) is 4.80 Å². The molecule has 2 aromatic carbocycles. The Hall–Kier alpha value is -2.26. The Bertz CT molecular complexity index is 1080. The van der Waals surface area contributed by atoms with E-state index < -0.39 is 5.91 Å². The van der Waals surface area contributed by atoms with Gasteiger partial charge in [-0.15, -0.1) is 6.42 Å². The lowest BCUT2D eigenvalue weighted by Gasteiger charge is -2.05. The number of terminal acetylenes is 1. The van der Waals surface area contributed by atoms with E-state index in [0.717, 1.165) is 4.70 Å². The minimum Gasteiger partial charge on any atom is -0.496 e. The van der Waals surface area contributed by atoms with Gasteiger partial charge in [-0.2, -0.15) is 4.99 Å². The van der Waals surface area contributed by atoms with Crippen molar-refractivity contribution < 1.29 is 9.53 Å². The number of para-hydroxylation sites is 1. The average molecular weight is 391 g/mol. The van der Waals surface area contributed by atoms with Crippen LogP contribution in [-0.2, 0) is 6.54 Å². The standard InChI is InChI=1S/C18H12Cl2N2O2S/c1-3-10-22-16-14(9-8-12(19)15(16)20)25-18(22)21-17(23)11-6-4-5-7-13(11)24-2/h1,4-9H,10H2,2H3. The van der Waals surface area contributed by atoms with Crippen LogP contribution in [0, 0.1) is 12.3 Å². The van der Waals surface area contributed by atoms with Gasteiger partial charge in [-0.1, -0.05) is 52.6 Å². The molecule has 25 heavy (non-hydrogen) atoms. The summed E-state index contributed by atoms with van der Waals surface area (Å²) in [6, 6.07) is 10.4. The highest BCUT2D eigenvalue weighted by Crippen LogP contribution is 2.32. The lowest BCUT2D eigenvalue weighted by atomic mass is 10.2. The maximum atomic E-state index is 12.6. The molecule has 0 N–H and O–H groups in total. The summed E-state index contributed by atoms with van der Waals surface area (Å²) in [6.07, 6.45) is 5.47. The third kappa shape index (κ3) is 3.29. The molecule has 1 heterocycles. The number of carbonyl (C=O) groups is 1. The van der Waals surface area contributed by atoms with E-state index in [9.17, 15) is 4.79 Å². The van der Waals surface area contributed by atoms with Crippen LogP contribution >= 0.6 is 34.5 Å². The van der Waals surface area contributed by atoms with Crippen molar-refractivity contribution in [1.82, 2.24) is 4.57 Å². The van der Waals surface area contributed by atoms with Gasteiger partial charge in [0.25, 0.3) is 5.91 Å². The minimum absolute atomic E-state index is 0.220. The van der Waals surface area contributed by atoms with Crippen molar-refractivity contribution in [1.29, 1.82) is 0 Å². The SMILES string of the molecule is C#CCn1c(=NC(=O)c2ccccc2OC)sc2ccc(Cl)c(Cl)c21. The molecule has 0 bridgehead atoms. The number of ether oxygens (including phenoxy) is 1. The molecule has 0 aliphatic heterocycles. The summed E-state index contributed by atoms with van der Waals surface area (Å²) < 4.78 is 7.77. The molecule has 0 radical (unpaired) electrons. The quantitative estimate of drug-likeness (QED) is 0.622. The van der Waals surface area contributed by atoms with Crippen LogP contribution in [0.1, 0.15) is 10.4 Å². The number of carbonyl (C=O) groups excluding carboxylic acids is 1. The van der Waals surface area contributed by atoms with E-state index in [1.807, 2.05) is 6.07 Å². The Morgan fingerprint density at radius 3 is 2.80 bits per heavy atom. The van der Waals surface area contributed by atoms with Gasteiger partial charge in [0.05, 0.1) is 39.5 Å². The summed E-state index contributed by atoms with van der Waals surface area (Å²) in [6.45, 7) is 0.220. The van der Waals surface area contributed by atoms with Gasteiger partial charge in [-0.25, -0.2) is 0 Å². The van der Waals surface area contributed by atoms with Gasteiger partial charge >= 0.3 is 0 Å². The number of rotatable bonds is 3.